The normalized spacial score (nSPS) is 21.7. The smallest absolute Gasteiger partial charge is 0.271 e. The molecule has 1 aliphatic carbocycles. The number of hydrogen-bond acceptors (Lipinski definition) is 4. The highest BCUT2D eigenvalue weighted by atomic mass is 16.3. The Bertz CT molecular complexity index is 533. The third-order valence-corrected chi connectivity index (χ3v) is 3.37. The summed E-state index contributed by atoms with van der Waals surface area (Å²) in [6.07, 6.45) is 4.51. The Kier molecular flexibility index (Phi) is 5.10. The number of nitrogens with one attached hydrogen (secondary N) is 1. The fourth-order valence-electron chi connectivity index (χ4n) is 2.34. The lowest BCUT2D eigenvalue weighted by molar-refractivity contribution is 0.0713. The Labute approximate surface area is 118 Å². The number of aromatic nitrogens is 1. The van der Waals surface area contributed by atoms with Gasteiger partial charge in [0, 0.05) is 6.20 Å². The first-order valence-corrected chi connectivity index (χ1v) is 6.76. The van der Waals surface area contributed by atoms with Gasteiger partial charge in [0.05, 0.1) is 17.7 Å². The highest BCUT2D eigenvalue weighted by Gasteiger charge is 2.25. The molecule has 1 heterocycles. The van der Waals surface area contributed by atoms with Gasteiger partial charge in [-0.1, -0.05) is 24.7 Å². The summed E-state index contributed by atoms with van der Waals surface area (Å²) in [4.78, 5) is 16.3. The SMILES string of the molecule is O=C(NC1CCCCC1O)c1ncccc1C#CCO. The molecule has 5 nitrogen and oxygen atoms in total. The van der Waals surface area contributed by atoms with E-state index in [4.69, 9.17) is 5.11 Å². The van der Waals surface area contributed by atoms with E-state index in [1.54, 1.807) is 12.1 Å². The summed E-state index contributed by atoms with van der Waals surface area (Å²) in [5, 5.41) is 21.4. The van der Waals surface area contributed by atoms with Gasteiger partial charge in [-0.2, -0.15) is 0 Å². The lowest BCUT2D eigenvalue weighted by Gasteiger charge is -2.28. The fourth-order valence-corrected chi connectivity index (χ4v) is 2.34. The Morgan fingerprint density at radius 3 is 3.00 bits per heavy atom. The number of nitrogens with zero attached hydrogens (tertiary/aromatic N) is 1. The summed E-state index contributed by atoms with van der Waals surface area (Å²) >= 11 is 0. The van der Waals surface area contributed by atoms with Crippen LogP contribution in [0.3, 0.4) is 0 Å². The zero-order valence-electron chi connectivity index (χ0n) is 11.2. The van der Waals surface area contributed by atoms with E-state index in [0.717, 1.165) is 19.3 Å². The molecule has 1 aromatic heterocycles. The molecule has 0 aromatic carbocycles. The second kappa shape index (κ2) is 7.04. The van der Waals surface area contributed by atoms with E-state index in [-0.39, 0.29) is 24.2 Å². The van der Waals surface area contributed by atoms with Crippen molar-refractivity contribution in [3.8, 4) is 11.8 Å². The molecule has 0 radical (unpaired) electrons. The molecule has 5 heteroatoms. The lowest BCUT2D eigenvalue weighted by atomic mass is 9.92. The van der Waals surface area contributed by atoms with E-state index in [0.29, 0.717) is 12.0 Å². The quantitative estimate of drug-likeness (QED) is 0.684. The molecule has 0 bridgehead atoms. The van der Waals surface area contributed by atoms with E-state index in [1.807, 2.05) is 0 Å². The van der Waals surface area contributed by atoms with Gasteiger partial charge in [0.15, 0.2) is 0 Å². The monoisotopic (exact) mass is 274 g/mol. The topological polar surface area (TPSA) is 82.5 Å². The number of carbonyl (C=O) groups is 1. The minimum atomic E-state index is -0.497. The van der Waals surface area contributed by atoms with Crippen molar-refractivity contribution in [2.24, 2.45) is 0 Å². The van der Waals surface area contributed by atoms with Gasteiger partial charge in [-0.15, -0.1) is 0 Å². The standard InChI is InChI=1S/C15H18N2O3/c18-10-4-6-11-5-3-9-16-14(11)15(20)17-12-7-1-2-8-13(12)19/h3,5,9,12-13,18-19H,1-2,7-8,10H2,(H,17,20). The molecule has 106 valence electrons. The van der Waals surface area contributed by atoms with Crippen molar-refractivity contribution >= 4 is 5.91 Å². The lowest BCUT2D eigenvalue weighted by Crippen LogP contribution is -2.45. The van der Waals surface area contributed by atoms with Gasteiger partial charge in [-0.25, -0.2) is 4.98 Å². The molecule has 1 aliphatic rings. The van der Waals surface area contributed by atoms with E-state index >= 15 is 0 Å². The summed E-state index contributed by atoms with van der Waals surface area (Å²) in [5.74, 6) is 4.88. The largest absolute Gasteiger partial charge is 0.391 e. The Hall–Kier alpha value is -1.90. The first-order valence-electron chi connectivity index (χ1n) is 6.76. The molecule has 1 aromatic rings. The van der Waals surface area contributed by atoms with Gasteiger partial charge in [0.1, 0.15) is 12.3 Å². The number of aliphatic hydroxyl groups excluding tert-OH is 2. The first-order chi connectivity index (χ1) is 9.72. The Morgan fingerprint density at radius 1 is 1.45 bits per heavy atom. The van der Waals surface area contributed by atoms with Crippen molar-refractivity contribution in [3.05, 3.63) is 29.6 Å². The van der Waals surface area contributed by atoms with Gasteiger partial charge >= 0.3 is 0 Å². The molecule has 2 unspecified atom stereocenters. The molecule has 1 amide bonds. The van der Waals surface area contributed by atoms with Gasteiger partial charge in [0.2, 0.25) is 0 Å². The Balaban J connectivity index is 2.12. The van der Waals surface area contributed by atoms with E-state index in [1.165, 1.54) is 6.20 Å². The van der Waals surface area contributed by atoms with Crippen LogP contribution in [-0.4, -0.2) is 39.9 Å². The zero-order valence-corrected chi connectivity index (χ0v) is 11.2. The number of aliphatic hydroxyl groups is 2. The maximum Gasteiger partial charge on any atom is 0.271 e. The zero-order chi connectivity index (χ0) is 14.4. The van der Waals surface area contributed by atoms with Crippen molar-refractivity contribution in [1.82, 2.24) is 10.3 Å². The van der Waals surface area contributed by atoms with E-state index in [2.05, 4.69) is 22.1 Å². The van der Waals surface area contributed by atoms with Crippen molar-refractivity contribution < 1.29 is 15.0 Å². The van der Waals surface area contributed by atoms with Gasteiger partial charge < -0.3 is 15.5 Å². The summed E-state index contributed by atoms with van der Waals surface area (Å²) in [6, 6.07) is 3.15. The van der Waals surface area contributed by atoms with Crippen LogP contribution in [-0.2, 0) is 0 Å². The van der Waals surface area contributed by atoms with Crippen molar-refractivity contribution in [1.29, 1.82) is 0 Å². The minimum absolute atomic E-state index is 0.225. The third kappa shape index (κ3) is 3.56. The van der Waals surface area contributed by atoms with Crippen molar-refractivity contribution in [2.45, 2.75) is 37.8 Å². The third-order valence-electron chi connectivity index (χ3n) is 3.37. The van der Waals surface area contributed by atoms with Crippen LogP contribution in [0, 0.1) is 11.8 Å². The second-order valence-electron chi connectivity index (χ2n) is 4.79. The molecule has 1 fully saturated rings. The van der Waals surface area contributed by atoms with Gasteiger partial charge in [0.25, 0.3) is 5.91 Å². The number of amides is 1. The number of carbonyl (C=O) groups excluding carboxylic acids is 1. The van der Waals surface area contributed by atoms with Crippen LogP contribution >= 0.6 is 0 Å². The highest BCUT2D eigenvalue weighted by molar-refractivity contribution is 5.94. The summed E-state index contributed by atoms with van der Waals surface area (Å²) in [6.45, 7) is -0.267. The maximum absolute atomic E-state index is 12.2. The van der Waals surface area contributed by atoms with Crippen LogP contribution in [0.2, 0.25) is 0 Å². The average Bonchev–Trinajstić information content (AvgIpc) is 2.47. The molecule has 20 heavy (non-hydrogen) atoms. The van der Waals surface area contributed by atoms with Gasteiger partial charge in [-0.3, -0.25) is 4.79 Å². The van der Waals surface area contributed by atoms with E-state index in [9.17, 15) is 9.90 Å². The minimum Gasteiger partial charge on any atom is -0.391 e. The van der Waals surface area contributed by atoms with Crippen LogP contribution in [0.5, 0.6) is 0 Å². The molecule has 3 N–H and O–H groups in total. The van der Waals surface area contributed by atoms with Crippen molar-refractivity contribution in [3.63, 3.8) is 0 Å². The predicted octanol–water partition coefficient (Wildman–Crippen LogP) is 0.459. The molecule has 0 aliphatic heterocycles. The van der Waals surface area contributed by atoms with Crippen LogP contribution in [0.1, 0.15) is 41.7 Å². The Morgan fingerprint density at radius 2 is 2.25 bits per heavy atom. The molecule has 2 atom stereocenters. The second-order valence-corrected chi connectivity index (χ2v) is 4.79. The summed E-state index contributed by atoms with van der Waals surface area (Å²) in [5.41, 5.74) is 0.704. The molecular weight excluding hydrogens is 256 g/mol. The van der Waals surface area contributed by atoms with Crippen LogP contribution in [0.25, 0.3) is 0 Å². The fraction of sp³-hybridized carbons (Fsp3) is 0.467. The molecular formula is C15H18N2O3. The number of hydrogen-bond donors (Lipinski definition) is 3. The molecule has 1 saturated carbocycles. The highest BCUT2D eigenvalue weighted by Crippen LogP contribution is 2.18. The average molecular weight is 274 g/mol. The predicted molar refractivity (Wildman–Crippen MR) is 73.9 cm³/mol. The first kappa shape index (κ1) is 14.5. The number of pyridine rings is 1. The van der Waals surface area contributed by atoms with Crippen LogP contribution < -0.4 is 5.32 Å². The van der Waals surface area contributed by atoms with Crippen molar-refractivity contribution in [2.75, 3.05) is 6.61 Å². The summed E-state index contributed by atoms with van der Waals surface area (Å²) in [7, 11) is 0. The van der Waals surface area contributed by atoms with Crippen LogP contribution in [0.4, 0.5) is 0 Å². The van der Waals surface area contributed by atoms with Crippen LogP contribution in [0.15, 0.2) is 18.3 Å². The molecule has 2 rings (SSSR count). The number of rotatable bonds is 2. The van der Waals surface area contributed by atoms with Gasteiger partial charge in [-0.05, 0) is 25.0 Å². The van der Waals surface area contributed by atoms with E-state index < -0.39 is 6.10 Å². The molecule has 0 spiro atoms. The summed E-state index contributed by atoms with van der Waals surface area (Å²) < 4.78 is 0. The molecule has 0 saturated heterocycles. The maximum atomic E-state index is 12.2.